The second kappa shape index (κ2) is 4.18. The van der Waals surface area contributed by atoms with Crippen molar-refractivity contribution in [1.29, 1.82) is 0 Å². The van der Waals surface area contributed by atoms with Crippen LogP contribution in [-0.2, 0) is 0 Å². The van der Waals surface area contributed by atoms with Gasteiger partial charge in [0.15, 0.2) is 6.29 Å². The molecule has 0 bridgehead atoms. The largest absolute Gasteiger partial charge is 0.434 e. The highest BCUT2D eigenvalue weighted by Crippen LogP contribution is 2.25. The van der Waals surface area contributed by atoms with E-state index in [-0.39, 0.29) is 16.3 Å². The molecule has 5 heteroatoms. The van der Waals surface area contributed by atoms with E-state index in [1.165, 1.54) is 18.2 Å². The number of benzene rings is 1. The van der Waals surface area contributed by atoms with Crippen molar-refractivity contribution >= 4 is 17.9 Å². The van der Waals surface area contributed by atoms with E-state index in [4.69, 9.17) is 11.6 Å². The van der Waals surface area contributed by atoms with Crippen LogP contribution in [0.4, 0.5) is 8.78 Å². The molecule has 0 saturated heterocycles. The lowest BCUT2D eigenvalue weighted by Gasteiger charge is -2.06. The number of hydrogen-bond donors (Lipinski definition) is 0. The summed E-state index contributed by atoms with van der Waals surface area (Å²) in [5.74, 6) is -0.211. The van der Waals surface area contributed by atoms with Crippen LogP contribution in [0.3, 0.4) is 0 Å². The summed E-state index contributed by atoms with van der Waals surface area (Å²) in [5, 5.41) is 0.0909. The third kappa shape index (κ3) is 2.39. The number of alkyl halides is 2. The molecular weight excluding hydrogens is 202 g/mol. The molecule has 2 nitrogen and oxygen atoms in total. The Balaban J connectivity index is 3.05. The van der Waals surface area contributed by atoms with Crippen LogP contribution in [0.2, 0.25) is 5.02 Å². The lowest BCUT2D eigenvalue weighted by molar-refractivity contribution is -0.0500. The van der Waals surface area contributed by atoms with Crippen molar-refractivity contribution in [2.75, 3.05) is 0 Å². The predicted octanol–water partition coefficient (Wildman–Crippen LogP) is 2.75. The standard InChI is InChI=1S/C8H5ClF2O2/c9-6-2-1-3-7(5(6)4-12)13-8(10)11/h1-4,8H. The minimum atomic E-state index is -2.96. The van der Waals surface area contributed by atoms with Gasteiger partial charge in [-0.15, -0.1) is 0 Å². The Hall–Kier alpha value is -1.16. The third-order valence-corrected chi connectivity index (χ3v) is 1.68. The molecule has 0 unspecified atom stereocenters. The van der Waals surface area contributed by atoms with Crippen molar-refractivity contribution in [1.82, 2.24) is 0 Å². The van der Waals surface area contributed by atoms with E-state index in [1.54, 1.807) is 0 Å². The third-order valence-electron chi connectivity index (χ3n) is 1.35. The summed E-state index contributed by atoms with van der Waals surface area (Å²) >= 11 is 5.56. The summed E-state index contributed by atoms with van der Waals surface area (Å²) < 4.78 is 27.6. The molecule has 0 radical (unpaired) electrons. The molecule has 0 fully saturated rings. The zero-order chi connectivity index (χ0) is 9.84. The zero-order valence-corrected chi connectivity index (χ0v) is 7.09. The molecule has 0 N–H and O–H groups in total. The van der Waals surface area contributed by atoms with E-state index in [0.29, 0.717) is 6.29 Å². The lowest BCUT2D eigenvalue weighted by atomic mass is 10.2. The van der Waals surface area contributed by atoms with Crippen LogP contribution in [0.15, 0.2) is 18.2 Å². The number of aldehydes is 1. The van der Waals surface area contributed by atoms with E-state index in [9.17, 15) is 13.6 Å². The molecular formula is C8H5ClF2O2. The molecule has 0 aliphatic carbocycles. The van der Waals surface area contributed by atoms with Gasteiger partial charge in [-0.2, -0.15) is 8.78 Å². The van der Waals surface area contributed by atoms with E-state index >= 15 is 0 Å². The maximum atomic E-state index is 11.8. The Morgan fingerprint density at radius 3 is 2.69 bits per heavy atom. The average molecular weight is 207 g/mol. The SMILES string of the molecule is O=Cc1c(Cl)cccc1OC(F)F. The van der Waals surface area contributed by atoms with Crippen LogP contribution in [0.5, 0.6) is 5.75 Å². The molecule has 1 aromatic carbocycles. The fourth-order valence-corrected chi connectivity index (χ4v) is 1.04. The van der Waals surface area contributed by atoms with Crippen molar-refractivity contribution in [2.24, 2.45) is 0 Å². The molecule has 0 aromatic heterocycles. The molecule has 13 heavy (non-hydrogen) atoms. The molecule has 0 saturated carbocycles. The van der Waals surface area contributed by atoms with Gasteiger partial charge in [0.1, 0.15) is 5.75 Å². The Kier molecular flexibility index (Phi) is 3.19. The Morgan fingerprint density at radius 2 is 2.15 bits per heavy atom. The number of halogens is 3. The fraction of sp³-hybridized carbons (Fsp3) is 0.125. The summed E-state index contributed by atoms with van der Waals surface area (Å²) in [6, 6.07) is 4.10. The first-order chi connectivity index (χ1) is 6.15. The summed E-state index contributed by atoms with van der Waals surface area (Å²) in [5.41, 5.74) is -0.0653. The number of rotatable bonds is 3. The highest BCUT2D eigenvalue weighted by molar-refractivity contribution is 6.33. The summed E-state index contributed by atoms with van der Waals surface area (Å²) in [6.07, 6.45) is 0.375. The first-order valence-corrected chi connectivity index (χ1v) is 3.71. The second-order valence-corrected chi connectivity index (χ2v) is 2.56. The van der Waals surface area contributed by atoms with E-state index in [0.717, 1.165) is 0 Å². The number of ether oxygens (including phenoxy) is 1. The van der Waals surface area contributed by atoms with Crippen LogP contribution in [0, 0.1) is 0 Å². The van der Waals surface area contributed by atoms with Crippen molar-refractivity contribution in [3.8, 4) is 5.75 Å². The molecule has 0 atom stereocenters. The molecule has 0 heterocycles. The zero-order valence-electron chi connectivity index (χ0n) is 6.34. The summed E-state index contributed by atoms with van der Waals surface area (Å²) in [6.45, 7) is -2.96. The first kappa shape index (κ1) is 9.92. The Labute approximate surface area is 78.1 Å². The van der Waals surface area contributed by atoms with Gasteiger partial charge in [-0.05, 0) is 12.1 Å². The lowest BCUT2D eigenvalue weighted by Crippen LogP contribution is -2.04. The molecule has 0 aliphatic heterocycles. The molecule has 0 spiro atoms. The van der Waals surface area contributed by atoms with Crippen molar-refractivity contribution in [3.63, 3.8) is 0 Å². The van der Waals surface area contributed by atoms with Gasteiger partial charge in [0.2, 0.25) is 0 Å². The van der Waals surface area contributed by atoms with Crippen molar-refractivity contribution in [2.45, 2.75) is 6.61 Å². The smallest absolute Gasteiger partial charge is 0.387 e. The number of carbonyl (C=O) groups is 1. The summed E-state index contributed by atoms with van der Waals surface area (Å²) in [4.78, 5) is 10.4. The quantitative estimate of drug-likeness (QED) is 0.711. The van der Waals surface area contributed by atoms with Crippen LogP contribution in [0.1, 0.15) is 10.4 Å². The molecule has 0 aliphatic rings. The topological polar surface area (TPSA) is 26.3 Å². The highest BCUT2D eigenvalue weighted by atomic mass is 35.5. The van der Waals surface area contributed by atoms with Gasteiger partial charge in [0, 0.05) is 0 Å². The highest BCUT2D eigenvalue weighted by Gasteiger charge is 2.11. The van der Waals surface area contributed by atoms with E-state index in [2.05, 4.69) is 4.74 Å². The second-order valence-electron chi connectivity index (χ2n) is 2.15. The van der Waals surface area contributed by atoms with Gasteiger partial charge in [-0.25, -0.2) is 0 Å². The number of hydrogen-bond acceptors (Lipinski definition) is 2. The minimum absolute atomic E-state index is 0.0653. The molecule has 70 valence electrons. The molecule has 0 amide bonds. The maximum absolute atomic E-state index is 11.8. The average Bonchev–Trinajstić information content (AvgIpc) is 2.03. The van der Waals surface area contributed by atoms with Crippen molar-refractivity contribution < 1.29 is 18.3 Å². The van der Waals surface area contributed by atoms with E-state index < -0.39 is 6.61 Å². The maximum Gasteiger partial charge on any atom is 0.387 e. The minimum Gasteiger partial charge on any atom is -0.434 e. The van der Waals surface area contributed by atoms with Crippen LogP contribution in [-0.4, -0.2) is 12.9 Å². The van der Waals surface area contributed by atoms with Gasteiger partial charge in [0.25, 0.3) is 0 Å². The van der Waals surface area contributed by atoms with Gasteiger partial charge >= 0.3 is 6.61 Å². The van der Waals surface area contributed by atoms with Gasteiger partial charge < -0.3 is 4.74 Å². The van der Waals surface area contributed by atoms with Gasteiger partial charge in [0.05, 0.1) is 10.6 Å². The molecule has 1 rings (SSSR count). The van der Waals surface area contributed by atoms with Crippen molar-refractivity contribution in [3.05, 3.63) is 28.8 Å². The Morgan fingerprint density at radius 1 is 1.46 bits per heavy atom. The van der Waals surface area contributed by atoms with Gasteiger partial charge in [-0.3, -0.25) is 4.79 Å². The van der Waals surface area contributed by atoms with Crippen LogP contribution >= 0.6 is 11.6 Å². The fourth-order valence-electron chi connectivity index (χ4n) is 0.830. The van der Waals surface area contributed by atoms with Crippen LogP contribution in [0.25, 0.3) is 0 Å². The Bertz CT molecular complexity index is 315. The van der Waals surface area contributed by atoms with Gasteiger partial charge in [-0.1, -0.05) is 17.7 Å². The van der Waals surface area contributed by atoms with E-state index in [1.807, 2.05) is 0 Å². The monoisotopic (exact) mass is 206 g/mol. The number of carbonyl (C=O) groups excluding carboxylic acids is 1. The first-order valence-electron chi connectivity index (χ1n) is 3.33. The predicted molar refractivity (Wildman–Crippen MR) is 43.5 cm³/mol. The molecule has 1 aromatic rings. The van der Waals surface area contributed by atoms with Crippen LogP contribution < -0.4 is 4.74 Å². The normalized spacial score (nSPS) is 10.2. The summed E-state index contributed by atoms with van der Waals surface area (Å²) in [7, 11) is 0.